The van der Waals surface area contributed by atoms with Gasteiger partial charge in [-0.25, -0.2) is 9.59 Å². The Hall–Kier alpha value is -3.61. The normalized spacial score (nSPS) is 19.1. The predicted molar refractivity (Wildman–Crippen MR) is 133 cm³/mol. The molecule has 0 bridgehead atoms. The number of ether oxygens (including phenoxy) is 1. The van der Waals surface area contributed by atoms with Crippen molar-refractivity contribution in [2.75, 3.05) is 13.2 Å². The summed E-state index contributed by atoms with van der Waals surface area (Å²) in [4.78, 5) is 35.3. The van der Waals surface area contributed by atoms with Crippen LogP contribution in [0.4, 0.5) is 4.79 Å². The second kappa shape index (κ2) is 11.7. The molecule has 2 aliphatic rings. The highest BCUT2D eigenvalue weighted by molar-refractivity contribution is 5.80. The van der Waals surface area contributed by atoms with E-state index >= 15 is 0 Å². The summed E-state index contributed by atoms with van der Waals surface area (Å²) in [6, 6.07) is 16.5. The van der Waals surface area contributed by atoms with Crippen molar-refractivity contribution >= 4 is 18.0 Å². The van der Waals surface area contributed by atoms with E-state index in [1.54, 1.807) is 0 Å². The number of carbonyl (C=O) groups excluding carboxylic acids is 2. The molecule has 0 saturated heterocycles. The fourth-order valence-electron chi connectivity index (χ4n) is 5.27. The molecule has 7 nitrogen and oxygen atoms in total. The van der Waals surface area contributed by atoms with E-state index in [1.165, 1.54) is 28.3 Å². The third-order valence-corrected chi connectivity index (χ3v) is 6.98. The number of alkyl carbamates (subject to hydrolysis) is 1. The van der Waals surface area contributed by atoms with Crippen LogP contribution >= 0.6 is 0 Å². The highest BCUT2D eigenvalue weighted by Crippen LogP contribution is 2.44. The van der Waals surface area contributed by atoms with Gasteiger partial charge in [-0.15, -0.1) is 0 Å². The molecule has 7 heteroatoms. The van der Waals surface area contributed by atoms with E-state index in [4.69, 9.17) is 9.84 Å². The molecule has 184 valence electrons. The van der Waals surface area contributed by atoms with Crippen molar-refractivity contribution in [3.05, 3.63) is 71.8 Å². The van der Waals surface area contributed by atoms with Crippen LogP contribution in [0.3, 0.4) is 0 Å². The summed E-state index contributed by atoms with van der Waals surface area (Å²) in [5.74, 6) is -0.923. The van der Waals surface area contributed by atoms with Gasteiger partial charge in [0.25, 0.3) is 0 Å². The first kappa shape index (κ1) is 24.5. The first-order valence-electron chi connectivity index (χ1n) is 12.3. The van der Waals surface area contributed by atoms with Crippen molar-refractivity contribution in [1.82, 2.24) is 10.6 Å². The van der Waals surface area contributed by atoms with Gasteiger partial charge in [-0.2, -0.15) is 0 Å². The molecule has 0 heterocycles. The van der Waals surface area contributed by atoms with E-state index in [9.17, 15) is 14.4 Å². The second-order valence-corrected chi connectivity index (χ2v) is 9.20. The standard InChI is InChI=1S/C28H32N2O5/c31-26(29-17-7-14-27(32)33)16-15-19-8-1-6-13-25(19)30-28(34)35-18-24-22-11-4-2-9-20(22)21-10-3-5-12-23(21)24/h2-5,7,9-12,14,19,24-25H,1,6,8,13,15-18H2,(H,29,31)(H,30,34)(H,32,33)/b14-7+. The van der Waals surface area contributed by atoms with Crippen LogP contribution in [-0.2, 0) is 14.3 Å². The topological polar surface area (TPSA) is 105 Å². The van der Waals surface area contributed by atoms with Gasteiger partial charge in [-0.1, -0.05) is 67.4 Å². The van der Waals surface area contributed by atoms with Crippen molar-refractivity contribution in [1.29, 1.82) is 0 Å². The van der Waals surface area contributed by atoms with Crippen LogP contribution in [0.1, 0.15) is 55.6 Å². The van der Waals surface area contributed by atoms with Crippen LogP contribution in [-0.4, -0.2) is 42.3 Å². The van der Waals surface area contributed by atoms with Crippen molar-refractivity contribution in [2.24, 2.45) is 5.92 Å². The van der Waals surface area contributed by atoms with Crippen LogP contribution in [0.2, 0.25) is 0 Å². The number of amides is 2. The number of carboxylic acid groups (broad SMARTS) is 1. The number of benzene rings is 2. The largest absolute Gasteiger partial charge is 0.478 e. The van der Waals surface area contributed by atoms with Gasteiger partial charge in [-0.05, 0) is 47.4 Å². The van der Waals surface area contributed by atoms with E-state index in [0.29, 0.717) is 12.8 Å². The quantitative estimate of drug-likeness (QED) is 0.458. The third kappa shape index (κ3) is 6.29. The number of carbonyl (C=O) groups is 3. The zero-order valence-electron chi connectivity index (χ0n) is 19.7. The van der Waals surface area contributed by atoms with Crippen molar-refractivity contribution in [3.63, 3.8) is 0 Å². The minimum absolute atomic E-state index is 0.0147. The SMILES string of the molecule is O=C(O)/C=C/CNC(=O)CCC1CCCCC1NC(=O)OCC1c2ccccc2-c2ccccc21. The van der Waals surface area contributed by atoms with Crippen molar-refractivity contribution < 1.29 is 24.2 Å². The second-order valence-electron chi connectivity index (χ2n) is 9.20. The summed E-state index contributed by atoms with van der Waals surface area (Å²) in [5, 5.41) is 14.4. The Morgan fingerprint density at radius 1 is 0.971 bits per heavy atom. The molecule has 2 aromatic carbocycles. The highest BCUT2D eigenvalue weighted by Gasteiger charge is 2.31. The van der Waals surface area contributed by atoms with Crippen LogP contribution in [0, 0.1) is 5.92 Å². The van der Waals surface area contributed by atoms with Gasteiger partial charge in [-0.3, -0.25) is 4.79 Å². The molecule has 0 aromatic heterocycles. The van der Waals surface area contributed by atoms with Gasteiger partial charge in [0.2, 0.25) is 5.91 Å². The lowest BCUT2D eigenvalue weighted by Crippen LogP contribution is -2.43. The maximum Gasteiger partial charge on any atom is 0.407 e. The lowest BCUT2D eigenvalue weighted by molar-refractivity contribution is -0.131. The number of hydrogen-bond donors (Lipinski definition) is 3. The van der Waals surface area contributed by atoms with E-state index < -0.39 is 12.1 Å². The average molecular weight is 477 g/mol. The molecule has 1 saturated carbocycles. The van der Waals surface area contributed by atoms with E-state index in [1.807, 2.05) is 24.3 Å². The highest BCUT2D eigenvalue weighted by atomic mass is 16.5. The molecule has 1 fully saturated rings. The molecule has 35 heavy (non-hydrogen) atoms. The molecule has 0 aliphatic heterocycles. The summed E-state index contributed by atoms with van der Waals surface area (Å²) in [7, 11) is 0. The minimum Gasteiger partial charge on any atom is -0.478 e. The fraction of sp³-hybridized carbons (Fsp3) is 0.393. The fourth-order valence-corrected chi connectivity index (χ4v) is 5.27. The summed E-state index contributed by atoms with van der Waals surface area (Å²) >= 11 is 0. The minimum atomic E-state index is -1.04. The maximum atomic E-state index is 12.7. The van der Waals surface area contributed by atoms with Crippen molar-refractivity contribution in [3.8, 4) is 11.1 Å². The van der Waals surface area contributed by atoms with E-state index in [2.05, 4.69) is 34.9 Å². The molecule has 2 amide bonds. The Labute approximate surface area is 205 Å². The summed E-state index contributed by atoms with van der Waals surface area (Å²) in [5.41, 5.74) is 4.75. The summed E-state index contributed by atoms with van der Waals surface area (Å²) in [6.07, 6.45) is 6.97. The molecule has 2 unspecified atom stereocenters. The molecule has 2 aromatic rings. The first-order valence-corrected chi connectivity index (χ1v) is 12.3. The van der Waals surface area contributed by atoms with Crippen LogP contribution in [0.5, 0.6) is 0 Å². The Morgan fingerprint density at radius 2 is 1.63 bits per heavy atom. The van der Waals surface area contributed by atoms with Gasteiger partial charge in [0.1, 0.15) is 6.61 Å². The zero-order valence-corrected chi connectivity index (χ0v) is 19.7. The molecule has 3 N–H and O–H groups in total. The Kier molecular flexibility index (Phi) is 8.19. The third-order valence-electron chi connectivity index (χ3n) is 6.98. The average Bonchev–Trinajstić information content (AvgIpc) is 3.18. The first-order chi connectivity index (χ1) is 17.0. The lowest BCUT2D eigenvalue weighted by atomic mass is 9.81. The number of hydrogen-bond acceptors (Lipinski definition) is 4. The molecular weight excluding hydrogens is 444 g/mol. The van der Waals surface area contributed by atoms with Gasteiger partial charge >= 0.3 is 12.1 Å². The van der Waals surface area contributed by atoms with Gasteiger partial charge in [0, 0.05) is 31.0 Å². The maximum absolute atomic E-state index is 12.7. The number of nitrogens with one attached hydrogen (secondary N) is 2. The molecule has 4 rings (SSSR count). The van der Waals surface area contributed by atoms with Crippen LogP contribution in [0.15, 0.2) is 60.7 Å². The number of carboxylic acids is 1. The van der Waals surface area contributed by atoms with Gasteiger partial charge < -0.3 is 20.5 Å². The Balaban J connectivity index is 1.28. The van der Waals surface area contributed by atoms with E-state index in [-0.39, 0.29) is 36.9 Å². The number of aliphatic carboxylic acids is 1. The lowest BCUT2D eigenvalue weighted by Gasteiger charge is -2.32. The summed E-state index contributed by atoms with van der Waals surface area (Å²) in [6.45, 7) is 0.473. The monoisotopic (exact) mass is 476 g/mol. The Morgan fingerprint density at radius 3 is 2.31 bits per heavy atom. The molecule has 0 radical (unpaired) electrons. The smallest absolute Gasteiger partial charge is 0.407 e. The molecule has 0 spiro atoms. The molecular formula is C28H32N2O5. The van der Waals surface area contributed by atoms with Gasteiger partial charge in [0.05, 0.1) is 0 Å². The van der Waals surface area contributed by atoms with E-state index in [0.717, 1.165) is 31.8 Å². The molecule has 2 atom stereocenters. The Bertz CT molecular complexity index is 1050. The summed E-state index contributed by atoms with van der Waals surface area (Å²) < 4.78 is 5.72. The van der Waals surface area contributed by atoms with Crippen molar-refractivity contribution in [2.45, 2.75) is 50.5 Å². The number of rotatable bonds is 9. The zero-order chi connectivity index (χ0) is 24.6. The molecule has 2 aliphatic carbocycles. The van der Waals surface area contributed by atoms with Gasteiger partial charge in [0.15, 0.2) is 0 Å². The van der Waals surface area contributed by atoms with Crippen LogP contribution < -0.4 is 10.6 Å². The number of fused-ring (bicyclic) bond motifs is 3. The van der Waals surface area contributed by atoms with Crippen LogP contribution in [0.25, 0.3) is 11.1 Å². The predicted octanol–water partition coefficient (Wildman–Crippen LogP) is 4.62.